The number of carbonyl (C=O) groups is 1. The van der Waals surface area contributed by atoms with Gasteiger partial charge in [-0.2, -0.15) is 0 Å². The van der Waals surface area contributed by atoms with E-state index in [1.165, 1.54) is 4.70 Å². The van der Waals surface area contributed by atoms with Crippen molar-refractivity contribution in [1.29, 1.82) is 0 Å². The Bertz CT molecular complexity index is 563. The molecule has 1 amide bonds. The number of carbonyl (C=O) groups excluding carboxylic acids is 1. The Labute approximate surface area is 125 Å². The van der Waals surface area contributed by atoms with E-state index in [1.54, 1.807) is 11.3 Å². The van der Waals surface area contributed by atoms with E-state index < -0.39 is 0 Å². The molecule has 20 heavy (non-hydrogen) atoms. The zero-order valence-corrected chi connectivity index (χ0v) is 13.8. The molecule has 0 saturated carbocycles. The summed E-state index contributed by atoms with van der Waals surface area (Å²) < 4.78 is 1.18. The van der Waals surface area contributed by atoms with Gasteiger partial charge in [0.15, 0.2) is 0 Å². The van der Waals surface area contributed by atoms with Crippen LogP contribution in [0.1, 0.15) is 38.1 Å². The molecule has 2 aromatic rings. The summed E-state index contributed by atoms with van der Waals surface area (Å²) >= 11 is 1.69. The summed E-state index contributed by atoms with van der Waals surface area (Å²) in [5.74, 6) is 0.0526. The highest BCUT2D eigenvalue weighted by atomic mass is 32.1. The summed E-state index contributed by atoms with van der Waals surface area (Å²) in [6.45, 7) is 9.58. The van der Waals surface area contributed by atoms with Crippen LogP contribution in [0.2, 0.25) is 0 Å². The molecule has 0 atom stereocenters. The zero-order chi connectivity index (χ0) is 15.1. The second-order valence-corrected chi connectivity index (χ2v) is 4.99. The largest absolute Gasteiger partial charge is 0.364 e. The topological polar surface area (TPSA) is 32.3 Å². The zero-order valence-electron chi connectivity index (χ0n) is 13.0. The molecule has 4 heteroatoms. The van der Waals surface area contributed by atoms with Crippen LogP contribution < -0.4 is 10.2 Å². The number of nitrogens with one attached hydrogen (secondary N) is 1. The van der Waals surface area contributed by atoms with Crippen molar-refractivity contribution in [2.24, 2.45) is 0 Å². The van der Waals surface area contributed by atoms with Crippen LogP contribution in [0, 0.1) is 0 Å². The average molecular weight is 292 g/mol. The van der Waals surface area contributed by atoms with Crippen LogP contribution in [0.4, 0.5) is 5.00 Å². The highest BCUT2D eigenvalue weighted by molar-refractivity contribution is 7.23. The van der Waals surface area contributed by atoms with Crippen molar-refractivity contribution in [1.82, 2.24) is 5.32 Å². The first-order valence-corrected chi connectivity index (χ1v) is 8.10. The third-order valence-corrected chi connectivity index (χ3v) is 4.17. The Morgan fingerprint density at radius 1 is 1.15 bits per heavy atom. The third-order valence-electron chi connectivity index (χ3n) is 2.88. The quantitative estimate of drug-likeness (QED) is 0.791. The molecule has 110 valence electrons. The van der Waals surface area contributed by atoms with Crippen LogP contribution >= 0.6 is 11.3 Å². The molecule has 0 saturated heterocycles. The minimum Gasteiger partial charge on any atom is -0.364 e. The van der Waals surface area contributed by atoms with Gasteiger partial charge in [0, 0.05) is 30.2 Å². The van der Waals surface area contributed by atoms with Gasteiger partial charge in [-0.1, -0.05) is 45.9 Å². The fourth-order valence-electron chi connectivity index (χ4n) is 2.05. The van der Waals surface area contributed by atoms with Gasteiger partial charge in [-0.05, 0) is 6.07 Å². The number of nitrogens with zero attached hydrogens (tertiary/aromatic N) is 1. The van der Waals surface area contributed by atoms with Crippen molar-refractivity contribution in [2.45, 2.75) is 27.7 Å². The first kappa shape index (κ1) is 16.5. The van der Waals surface area contributed by atoms with Gasteiger partial charge in [-0.25, -0.2) is 0 Å². The van der Waals surface area contributed by atoms with Gasteiger partial charge in [0.1, 0.15) is 5.00 Å². The number of fused-ring (bicyclic) bond motifs is 3. The number of anilines is 1. The second-order valence-electron chi connectivity index (χ2n) is 3.96. The summed E-state index contributed by atoms with van der Waals surface area (Å²) in [6.07, 6.45) is 0. The Balaban J connectivity index is 0.000000461. The molecule has 3 rings (SSSR count). The molecule has 1 aliphatic rings. The molecule has 0 bridgehead atoms. The molecule has 1 N–H and O–H groups in total. The predicted octanol–water partition coefficient (Wildman–Crippen LogP) is 4.13. The molecular formula is C16H24N2OS. The first-order chi connectivity index (χ1) is 9.77. The summed E-state index contributed by atoms with van der Waals surface area (Å²) in [5, 5.41) is 5.08. The maximum atomic E-state index is 12.0. The maximum Gasteiger partial charge on any atom is 0.254 e. The van der Waals surface area contributed by atoms with Crippen molar-refractivity contribution in [3.63, 3.8) is 0 Å². The lowest BCUT2D eigenvalue weighted by Crippen LogP contribution is -2.27. The first-order valence-electron chi connectivity index (χ1n) is 7.28. The van der Waals surface area contributed by atoms with Crippen molar-refractivity contribution >= 4 is 32.3 Å². The van der Waals surface area contributed by atoms with Gasteiger partial charge in [0.25, 0.3) is 5.91 Å². The third kappa shape index (κ3) is 3.12. The molecule has 1 aromatic heterocycles. The van der Waals surface area contributed by atoms with E-state index in [1.807, 2.05) is 52.9 Å². The number of thiophene rings is 1. The summed E-state index contributed by atoms with van der Waals surface area (Å²) in [5.41, 5.74) is 0.834. The minimum atomic E-state index is 0.0526. The highest BCUT2D eigenvalue weighted by Gasteiger charge is 2.23. The van der Waals surface area contributed by atoms with Gasteiger partial charge in [-0.15, -0.1) is 11.3 Å². The fraction of sp³-hybridized carbons (Fsp3) is 0.438. The molecule has 0 unspecified atom stereocenters. The molecule has 0 fully saturated rings. The van der Waals surface area contributed by atoms with E-state index in [0.717, 1.165) is 22.5 Å². The van der Waals surface area contributed by atoms with Crippen LogP contribution in [0.5, 0.6) is 0 Å². The standard InChI is InChI=1S/C12H12N2OS.2C2H6/c1-14-7-6-13-11(15)10-8-4-2-3-5-9(8)16-12(10)14;2*1-2/h2-5H,6-7H2,1H3,(H,13,15);2*1-2H3. The van der Waals surface area contributed by atoms with E-state index >= 15 is 0 Å². The minimum absolute atomic E-state index is 0.0526. The monoisotopic (exact) mass is 292 g/mol. The van der Waals surface area contributed by atoms with Gasteiger partial charge >= 0.3 is 0 Å². The van der Waals surface area contributed by atoms with Crippen LogP contribution in [0.3, 0.4) is 0 Å². The van der Waals surface area contributed by atoms with E-state index in [4.69, 9.17) is 0 Å². The Kier molecular flexibility index (Phi) is 6.52. The normalized spacial score (nSPS) is 13.2. The van der Waals surface area contributed by atoms with Crippen LogP contribution in [0.15, 0.2) is 24.3 Å². The average Bonchev–Trinajstić information content (AvgIpc) is 2.84. The van der Waals surface area contributed by atoms with Gasteiger partial charge in [0.2, 0.25) is 0 Å². The Hall–Kier alpha value is -1.55. The highest BCUT2D eigenvalue weighted by Crippen LogP contribution is 2.38. The lowest BCUT2D eigenvalue weighted by atomic mass is 10.1. The molecule has 3 nitrogen and oxygen atoms in total. The van der Waals surface area contributed by atoms with Crippen molar-refractivity contribution in [2.75, 3.05) is 25.0 Å². The van der Waals surface area contributed by atoms with E-state index in [-0.39, 0.29) is 5.91 Å². The van der Waals surface area contributed by atoms with E-state index in [0.29, 0.717) is 6.54 Å². The number of hydrogen-bond donors (Lipinski definition) is 1. The van der Waals surface area contributed by atoms with Crippen LogP contribution in [-0.4, -0.2) is 26.0 Å². The van der Waals surface area contributed by atoms with Gasteiger partial charge in [-0.3, -0.25) is 4.79 Å². The molecule has 2 heterocycles. The van der Waals surface area contributed by atoms with E-state index in [2.05, 4.69) is 16.3 Å². The number of hydrogen-bond acceptors (Lipinski definition) is 3. The molecule has 1 aliphatic heterocycles. The summed E-state index contributed by atoms with van der Waals surface area (Å²) in [4.78, 5) is 14.1. The van der Waals surface area contributed by atoms with Crippen LogP contribution in [0.25, 0.3) is 10.1 Å². The van der Waals surface area contributed by atoms with Gasteiger partial charge in [0.05, 0.1) is 5.56 Å². The Morgan fingerprint density at radius 2 is 1.80 bits per heavy atom. The number of benzene rings is 1. The molecule has 0 spiro atoms. The van der Waals surface area contributed by atoms with Crippen LogP contribution in [-0.2, 0) is 0 Å². The van der Waals surface area contributed by atoms with Crippen molar-refractivity contribution in [3.8, 4) is 0 Å². The SMILES string of the molecule is CC.CC.CN1CCNC(=O)c2c1sc1ccccc21. The summed E-state index contributed by atoms with van der Waals surface area (Å²) in [6, 6.07) is 8.07. The van der Waals surface area contributed by atoms with Crippen molar-refractivity contribution in [3.05, 3.63) is 29.8 Å². The van der Waals surface area contributed by atoms with E-state index in [9.17, 15) is 4.79 Å². The predicted molar refractivity (Wildman–Crippen MR) is 90.1 cm³/mol. The molecule has 0 radical (unpaired) electrons. The van der Waals surface area contributed by atoms with Gasteiger partial charge < -0.3 is 10.2 Å². The smallest absolute Gasteiger partial charge is 0.254 e. The van der Waals surface area contributed by atoms with Crippen molar-refractivity contribution < 1.29 is 4.79 Å². The number of amides is 1. The maximum absolute atomic E-state index is 12.0. The molecule has 1 aromatic carbocycles. The fourth-order valence-corrected chi connectivity index (χ4v) is 3.23. The lowest BCUT2D eigenvalue weighted by molar-refractivity contribution is 0.0960. The number of likely N-dealkylation sites (N-methyl/N-ethyl adjacent to an activating group) is 1. The number of rotatable bonds is 0. The molecule has 0 aliphatic carbocycles. The summed E-state index contributed by atoms with van der Waals surface area (Å²) in [7, 11) is 2.04. The second kappa shape index (κ2) is 7.90. The lowest BCUT2D eigenvalue weighted by Gasteiger charge is -2.13. The Morgan fingerprint density at radius 3 is 2.50 bits per heavy atom. The molecular weight excluding hydrogens is 268 g/mol.